The van der Waals surface area contributed by atoms with Crippen LogP contribution in [0.15, 0.2) is 95.1 Å². The van der Waals surface area contributed by atoms with Crippen LogP contribution in [0.5, 0.6) is 0 Å². The number of halogens is 2. The molecule has 2 atom stereocenters. The summed E-state index contributed by atoms with van der Waals surface area (Å²) in [6.45, 7) is 0. The van der Waals surface area contributed by atoms with Crippen molar-refractivity contribution in [2.75, 3.05) is 0 Å². The van der Waals surface area contributed by atoms with Crippen molar-refractivity contribution < 1.29 is 25.9 Å². The summed E-state index contributed by atoms with van der Waals surface area (Å²) in [6, 6.07) is 21.3. The van der Waals surface area contributed by atoms with E-state index in [0.29, 0.717) is 11.1 Å². The maximum absolute atomic E-state index is 13.3. The molecule has 0 spiro atoms. The molecule has 2 aliphatic rings. The maximum Gasteiger partial charge on any atom is 0.279 e. The van der Waals surface area contributed by atoms with E-state index in [1.54, 1.807) is 36.4 Å². The predicted octanol–water partition coefficient (Wildman–Crippen LogP) is 5.10. The van der Waals surface area contributed by atoms with Gasteiger partial charge in [-0.25, -0.2) is 0 Å². The Bertz CT molecular complexity index is 2200. The fourth-order valence-electron chi connectivity index (χ4n) is 6.74. The smallest absolute Gasteiger partial charge is 0.279 e. The quantitative estimate of drug-likeness (QED) is 0.0918. The van der Waals surface area contributed by atoms with Crippen LogP contribution in [0.4, 0.5) is 0 Å². The maximum atomic E-state index is 13.3. The molecule has 2 unspecified atom stereocenters. The zero-order valence-corrected chi connectivity index (χ0v) is 27.8. The highest BCUT2D eigenvalue weighted by Crippen LogP contribution is 2.50. The van der Waals surface area contributed by atoms with Crippen LogP contribution < -0.4 is 11.7 Å². The van der Waals surface area contributed by atoms with Crippen molar-refractivity contribution in [2.45, 2.75) is 22.3 Å². The number of hydrogen-bond acceptors (Lipinski definition) is 10. The number of fused-ring (bicyclic) bond motifs is 2. The summed E-state index contributed by atoms with van der Waals surface area (Å²) in [6.07, 6.45) is -0.912. The summed E-state index contributed by atoms with van der Waals surface area (Å²) in [5.41, 5.74) is 1.33. The number of rotatable bonds is 5. The lowest BCUT2D eigenvalue weighted by Gasteiger charge is -2.38. The largest absolute Gasteiger partial charge is 0.323 e. The standard InChI is InChI=1S/C32H26Cl2N6O6S2/c33-25-13-17(9-11-23(25)31(47(41,42)43)15-27(39-37)29(35)19-5-1-3-7-21(19)31)18-10-12-24(26(34)14-18)32(48(44,45)46)16-28(40-38)30(36)20-6-2-4-8-22(20)32/h1-14,35-36H,15-16,37-38H2,(H,41,42,43)(H,44,45,46)/b35-29?,36-30?,39-27-,40-28+. The first-order valence-electron chi connectivity index (χ1n) is 14.1. The van der Waals surface area contributed by atoms with E-state index >= 15 is 0 Å². The highest BCUT2D eigenvalue weighted by molar-refractivity contribution is 7.87. The summed E-state index contributed by atoms with van der Waals surface area (Å²) in [5, 5.41) is 24.2. The van der Waals surface area contributed by atoms with Gasteiger partial charge < -0.3 is 11.7 Å². The number of nitrogens with zero attached hydrogens (tertiary/aromatic N) is 2. The van der Waals surface area contributed by atoms with E-state index in [1.807, 2.05) is 0 Å². The Hall–Kier alpha value is -4.44. The number of nitrogens with two attached hydrogens (primary N) is 2. The molecule has 0 aromatic heterocycles. The van der Waals surface area contributed by atoms with Gasteiger partial charge >= 0.3 is 0 Å². The monoisotopic (exact) mass is 724 g/mol. The number of nitrogens with one attached hydrogen (secondary N) is 2. The molecule has 4 aromatic rings. The van der Waals surface area contributed by atoms with E-state index in [4.69, 9.17) is 45.7 Å². The molecule has 8 N–H and O–H groups in total. The van der Waals surface area contributed by atoms with Crippen LogP contribution in [0.3, 0.4) is 0 Å². The number of hydrazone groups is 2. The molecular weight excluding hydrogens is 699 g/mol. The highest BCUT2D eigenvalue weighted by Gasteiger charge is 2.54. The van der Waals surface area contributed by atoms with Crippen LogP contribution >= 0.6 is 23.2 Å². The van der Waals surface area contributed by atoms with Crippen molar-refractivity contribution in [1.29, 1.82) is 10.8 Å². The molecule has 0 heterocycles. The van der Waals surface area contributed by atoms with Crippen LogP contribution in [0.25, 0.3) is 11.1 Å². The summed E-state index contributed by atoms with van der Waals surface area (Å²) in [5.74, 6) is 11.1. The van der Waals surface area contributed by atoms with Gasteiger partial charge in [0.15, 0.2) is 9.49 Å². The molecule has 4 aromatic carbocycles. The first kappa shape index (κ1) is 33.5. The fourth-order valence-corrected chi connectivity index (χ4v) is 10.00. The second kappa shape index (κ2) is 11.6. The minimum absolute atomic E-state index is 0.0134. The van der Waals surface area contributed by atoms with E-state index < -0.39 is 42.6 Å². The van der Waals surface area contributed by atoms with Crippen LogP contribution in [0, 0.1) is 10.8 Å². The average molecular weight is 726 g/mol. The van der Waals surface area contributed by atoms with Gasteiger partial charge in [-0.1, -0.05) is 96.0 Å². The fraction of sp³-hybridized carbons (Fsp3) is 0.125. The van der Waals surface area contributed by atoms with E-state index in [1.165, 1.54) is 48.5 Å². The number of hydrogen-bond donors (Lipinski definition) is 6. The average Bonchev–Trinajstić information content (AvgIpc) is 3.05. The van der Waals surface area contributed by atoms with Crippen molar-refractivity contribution in [3.05, 3.63) is 128 Å². The SMILES string of the molecule is N=C1/C(=N\N)CC(c2ccc(-c3ccc(C4(S(=O)(=O)O)C/C(=N\N)C(=N)c5ccccc54)c(Cl)c3)cc2Cl)(S(=O)(=O)O)c2ccccc21. The van der Waals surface area contributed by atoms with E-state index in [9.17, 15) is 25.9 Å². The Morgan fingerprint density at radius 2 is 0.958 bits per heavy atom. The molecule has 2 aliphatic carbocycles. The van der Waals surface area contributed by atoms with Gasteiger partial charge in [0.2, 0.25) is 0 Å². The molecule has 246 valence electrons. The van der Waals surface area contributed by atoms with E-state index in [-0.39, 0.29) is 66.3 Å². The van der Waals surface area contributed by atoms with E-state index in [0.717, 1.165) is 0 Å². The minimum Gasteiger partial charge on any atom is -0.323 e. The second-order valence-corrected chi connectivity index (χ2v) is 15.4. The Kier molecular flexibility index (Phi) is 8.10. The normalized spacial score (nSPS) is 22.8. The molecule has 0 amide bonds. The van der Waals surface area contributed by atoms with Gasteiger partial charge in [0.25, 0.3) is 20.2 Å². The summed E-state index contributed by atoms with van der Waals surface area (Å²) in [4.78, 5) is 0. The van der Waals surface area contributed by atoms with Crippen LogP contribution in [-0.4, -0.2) is 48.8 Å². The summed E-state index contributed by atoms with van der Waals surface area (Å²) < 4.78 is 70.2. The first-order valence-corrected chi connectivity index (χ1v) is 17.7. The van der Waals surface area contributed by atoms with Gasteiger partial charge in [0, 0.05) is 34.0 Å². The Balaban J connectivity index is 1.51. The van der Waals surface area contributed by atoms with Gasteiger partial charge in [-0.15, -0.1) is 0 Å². The molecule has 0 aliphatic heterocycles. The van der Waals surface area contributed by atoms with Gasteiger partial charge in [-0.2, -0.15) is 27.0 Å². The lowest BCUT2D eigenvalue weighted by molar-refractivity contribution is 0.445. The Morgan fingerprint density at radius 1 is 0.604 bits per heavy atom. The Labute approximate surface area is 285 Å². The third-order valence-corrected chi connectivity index (χ3v) is 12.6. The van der Waals surface area contributed by atoms with Crippen molar-refractivity contribution in [3.63, 3.8) is 0 Å². The van der Waals surface area contributed by atoms with Crippen molar-refractivity contribution in [2.24, 2.45) is 21.9 Å². The van der Waals surface area contributed by atoms with Gasteiger partial charge in [-0.05, 0) is 45.5 Å². The van der Waals surface area contributed by atoms with Crippen molar-refractivity contribution in [3.8, 4) is 11.1 Å². The van der Waals surface area contributed by atoms with Crippen molar-refractivity contribution >= 4 is 66.3 Å². The molecule has 6 rings (SSSR count). The minimum atomic E-state index is -4.95. The Morgan fingerprint density at radius 3 is 1.27 bits per heavy atom. The highest BCUT2D eigenvalue weighted by atomic mass is 35.5. The molecule has 0 bridgehead atoms. The molecule has 48 heavy (non-hydrogen) atoms. The van der Waals surface area contributed by atoms with Crippen LogP contribution in [0.2, 0.25) is 10.0 Å². The second-order valence-electron chi connectivity index (χ2n) is 11.3. The third kappa shape index (κ3) is 4.78. The molecule has 16 heteroatoms. The summed E-state index contributed by atoms with van der Waals surface area (Å²) in [7, 11) is -9.91. The lowest BCUT2D eigenvalue weighted by atomic mass is 9.75. The molecule has 0 fully saturated rings. The zero-order chi connectivity index (χ0) is 34.8. The first-order chi connectivity index (χ1) is 22.6. The molecule has 0 radical (unpaired) electrons. The molecule has 0 saturated carbocycles. The van der Waals surface area contributed by atoms with Crippen LogP contribution in [0.1, 0.15) is 46.2 Å². The van der Waals surface area contributed by atoms with Crippen molar-refractivity contribution in [1.82, 2.24) is 0 Å². The van der Waals surface area contributed by atoms with Crippen LogP contribution in [-0.2, 0) is 29.7 Å². The molecule has 12 nitrogen and oxygen atoms in total. The topological polar surface area (TPSA) is 233 Å². The van der Waals surface area contributed by atoms with Gasteiger partial charge in [0.1, 0.15) is 0 Å². The predicted molar refractivity (Wildman–Crippen MR) is 186 cm³/mol. The van der Waals surface area contributed by atoms with E-state index in [2.05, 4.69) is 10.2 Å². The molecular formula is C32H26Cl2N6O6S2. The van der Waals surface area contributed by atoms with Gasteiger partial charge in [-0.3, -0.25) is 19.9 Å². The molecule has 0 saturated heterocycles. The number of benzene rings is 4. The zero-order valence-electron chi connectivity index (χ0n) is 24.6. The third-order valence-electron chi connectivity index (χ3n) is 9.01. The lowest BCUT2D eigenvalue weighted by Crippen LogP contribution is -2.46. The summed E-state index contributed by atoms with van der Waals surface area (Å²) >= 11 is 13.6. The van der Waals surface area contributed by atoms with Gasteiger partial charge in [0.05, 0.1) is 22.8 Å².